The second-order valence-electron chi connectivity index (χ2n) is 17.4. The van der Waals surface area contributed by atoms with Crippen LogP contribution in [0.4, 0.5) is 5.69 Å². The molecule has 0 radical (unpaired) electrons. The number of H-pyrrole nitrogens is 1. The van der Waals surface area contributed by atoms with Gasteiger partial charge in [-0.15, -0.1) is 0 Å². The third kappa shape index (κ3) is 4.28. The van der Waals surface area contributed by atoms with Crippen molar-refractivity contribution < 1.29 is 38.1 Å². The number of carbonyl (C=O) groups is 3. The second-order valence-corrected chi connectivity index (χ2v) is 17.4. The molecule has 57 heavy (non-hydrogen) atoms. The maximum atomic E-state index is 15.2. The molecule has 1 aliphatic carbocycles. The Balaban J connectivity index is 1.29. The van der Waals surface area contributed by atoms with Gasteiger partial charge >= 0.3 is 17.9 Å². The Morgan fingerprint density at radius 2 is 1.79 bits per heavy atom. The van der Waals surface area contributed by atoms with Crippen LogP contribution in [0.15, 0.2) is 60.3 Å². The normalized spacial score (nSPS) is 36.4. The average molecular weight is 777 g/mol. The van der Waals surface area contributed by atoms with E-state index < -0.39 is 52.0 Å². The van der Waals surface area contributed by atoms with E-state index >= 15 is 4.79 Å². The number of ether oxygens (including phenoxy) is 5. The maximum Gasteiger partial charge on any atom is 0.344 e. The average Bonchev–Trinajstić information content (AvgIpc) is 3.93. The minimum absolute atomic E-state index is 0.0551. The number of hydrogen-bond donors (Lipinski definition) is 1. The van der Waals surface area contributed by atoms with Crippen LogP contribution < -0.4 is 9.64 Å². The molecule has 12 nitrogen and oxygen atoms in total. The van der Waals surface area contributed by atoms with E-state index in [1.807, 2.05) is 25.3 Å². The van der Waals surface area contributed by atoms with E-state index in [0.717, 1.165) is 65.0 Å². The summed E-state index contributed by atoms with van der Waals surface area (Å²) in [5, 5.41) is 1.08. The number of likely N-dealkylation sites (N-methyl/N-ethyl adjacent to an activating group) is 1. The fourth-order valence-electron chi connectivity index (χ4n) is 13.4. The lowest BCUT2D eigenvalue weighted by Gasteiger charge is -2.59. The number of nitrogens with one attached hydrogen (secondary N) is 1. The largest absolute Gasteiger partial charge is 0.496 e. The zero-order valence-electron chi connectivity index (χ0n) is 33.8. The molecule has 300 valence electrons. The highest BCUT2D eigenvalue weighted by molar-refractivity contribution is 5.95. The number of methoxy groups -OCH3 is 3. The SMILES string of the molecule is CCC1=C[C@@H]2CN(C1)Cc1c([nH]c3ccccc13)[C@@](C(=O)OC)(c1cc3c(cc1OC)N(C)C1[C@]34CCN3C=C[C@@H]5O[C@]1(C(=O)OC)[C@H](OC(C)=O)[C@@]5(CC)C34)C2. The summed E-state index contributed by atoms with van der Waals surface area (Å²) in [6.07, 6.45) is 7.78. The molecule has 1 N–H and O–H groups in total. The predicted molar refractivity (Wildman–Crippen MR) is 212 cm³/mol. The smallest absolute Gasteiger partial charge is 0.344 e. The van der Waals surface area contributed by atoms with Gasteiger partial charge in [-0.3, -0.25) is 14.5 Å². The number of aromatic nitrogens is 1. The van der Waals surface area contributed by atoms with Crippen molar-refractivity contribution in [2.75, 3.05) is 52.9 Å². The van der Waals surface area contributed by atoms with Crippen molar-refractivity contribution in [1.82, 2.24) is 14.8 Å². The van der Waals surface area contributed by atoms with E-state index in [1.54, 1.807) is 7.11 Å². The van der Waals surface area contributed by atoms with Gasteiger partial charge in [-0.05, 0) is 67.1 Å². The number of nitrogens with zero attached hydrogens (tertiary/aromatic N) is 3. The van der Waals surface area contributed by atoms with E-state index in [9.17, 15) is 9.59 Å². The zero-order chi connectivity index (χ0) is 39.8. The maximum absolute atomic E-state index is 15.2. The quantitative estimate of drug-likeness (QED) is 0.196. The Bertz CT molecular complexity index is 2300. The van der Waals surface area contributed by atoms with E-state index in [1.165, 1.54) is 26.7 Å². The minimum atomic E-state index is -1.65. The van der Waals surface area contributed by atoms with Crippen LogP contribution >= 0.6 is 0 Å². The minimum Gasteiger partial charge on any atom is -0.496 e. The molecule has 0 amide bonds. The molecule has 10 rings (SSSR count). The first-order valence-corrected chi connectivity index (χ1v) is 20.4. The van der Waals surface area contributed by atoms with Crippen molar-refractivity contribution in [3.63, 3.8) is 0 Å². The molecule has 1 aromatic heterocycles. The van der Waals surface area contributed by atoms with Crippen LogP contribution in [0.5, 0.6) is 5.75 Å². The van der Waals surface area contributed by atoms with Gasteiger partial charge in [0.05, 0.1) is 44.9 Å². The van der Waals surface area contributed by atoms with Crippen molar-refractivity contribution in [1.29, 1.82) is 0 Å². The lowest BCUT2D eigenvalue weighted by molar-refractivity contribution is -0.198. The number of carbonyl (C=O) groups excluding carboxylic acids is 3. The Kier molecular flexibility index (Phi) is 7.91. The highest BCUT2D eigenvalue weighted by atomic mass is 16.6. The topological polar surface area (TPSA) is 123 Å². The molecule has 3 unspecified atom stereocenters. The van der Waals surface area contributed by atoms with Crippen LogP contribution in [0.3, 0.4) is 0 Å². The van der Waals surface area contributed by atoms with Crippen LogP contribution in [0.1, 0.15) is 68.8 Å². The molecule has 1 saturated carbocycles. The number of para-hydroxylation sites is 1. The van der Waals surface area contributed by atoms with Gasteiger partial charge in [0.1, 0.15) is 11.2 Å². The van der Waals surface area contributed by atoms with Gasteiger partial charge in [-0.25, -0.2) is 4.79 Å². The number of hydrogen-bond acceptors (Lipinski definition) is 11. The molecule has 3 fully saturated rings. The van der Waals surface area contributed by atoms with Gasteiger partial charge in [0.15, 0.2) is 6.10 Å². The molecular weight excluding hydrogens is 725 g/mol. The van der Waals surface area contributed by atoms with Crippen molar-refractivity contribution in [2.45, 2.75) is 93.7 Å². The Morgan fingerprint density at radius 3 is 2.51 bits per heavy atom. The van der Waals surface area contributed by atoms with Crippen LogP contribution in [-0.4, -0.2) is 111 Å². The fraction of sp³-hybridized carbons (Fsp3) is 0.533. The molecule has 12 heteroatoms. The number of aromatic amines is 1. The van der Waals surface area contributed by atoms with Crippen molar-refractivity contribution in [3.8, 4) is 5.75 Å². The summed E-state index contributed by atoms with van der Waals surface area (Å²) in [5.74, 6) is -0.786. The predicted octanol–water partition coefficient (Wildman–Crippen LogP) is 5.12. The van der Waals surface area contributed by atoms with E-state index in [2.05, 4.69) is 70.1 Å². The lowest BCUT2D eigenvalue weighted by Crippen LogP contribution is -2.78. The molecule has 1 spiro atoms. The summed E-state index contributed by atoms with van der Waals surface area (Å²) in [5.41, 5.74) is 2.43. The van der Waals surface area contributed by atoms with Crippen LogP contribution in [0.25, 0.3) is 10.9 Å². The van der Waals surface area contributed by atoms with Gasteiger partial charge in [0.2, 0.25) is 5.60 Å². The van der Waals surface area contributed by atoms with Crippen molar-refractivity contribution >= 4 is 34.5 Å². The molecule has 4 bridgehead atoms. The number of rotatable bonds is 7. The third-order valence-corrected chi connectivity index (χ3v) is 15.2. The first-order valence-electron chi connectivity index (χ1n) is 20.4. The molecule has 3 aromatic rings. The number of fused-ring (bicyclic) bond motifs is 8. The Morgan fingerprint density at radius 1 is 1.00 bits per heavy atom. The first kappa shape index (κ1) is 36.5. The lowest BCUT2D eigenvalue weighted by atomic mass is 9.48. The molecule has 7 aliphatic rings. The fourth-order valence-corrected chi connectivity index (χ4v) is 13.4. The standard InChI is InChI=1S/C45H52N4O8/c1-8-26-18-27-21-44(40(51)54-6,36-29(24-48(22-26)23-27)28-12-10-11-13-32(28)46-36)31-19-30-33(20-34(31)53-5)47(4)38-43(30)15-17-49-16-14-35-42(9-2,37(43)49)39(56-25(3)50)45(38,57-35)41(52)55-7/h10-14,16,18-20,27,35,37-39,46H,8-9,15,17,21-24H2,1-7H3/t27-,35-,37?,38?,39+,42+,43+,44-,45-/m0/s1. The Labute approximate surface area is 333 Å². The second kappa shape index (κ2) is 12.3. The molecular formula is C45H52N4O8. The molecule has 10 atom stereocenters. The summed E-state index contributed by atoms with van der Waals surface area (Å²) >= 11 is 0. The first-order chi connectivity index (χ1) is 27.5. The number of benzene rings is 2. The van der Waals surface area contributed by atoms with Gasteiger partial charge in [-0.1, -0.05) is 43.7 Å². The zero-order valence-corrected chi connectivity index (χ0v) is 33.8. The third-order valence-electron chi connectivity index (χ3n) is 15.2. The molecule has 7 heterocycles. The van der Waals surface area contributed by atoms with E-state index in [0.29, 0.717) is 31.6 Å². The highest BCUT2D eigenvalue weighted by Crippen LogP contribution is 2.73. The summed E-state index contributed by atoms with van der Waals surface area (Å²) in [6.45, 7) is 8.80. The summed E-state index contributed by atoms with van der Waals surface area (Å²) < 4.78 is 31.4. The monoisotopic (exact) mass is 776 g/mol. The van der Waals surface area contributed by atoms with E-state index in [-0.39, 0.29) is 17.9 Å². The van der Waals surface area contributed by atoms with E-state index in [4.69, 9.17) is 23.7 Å². The Hall–Kier alpha value is -4.81. The van der Waals surface area contributed by atoms with Crippen LogP contribution in [0, 0.1) is 11.3 Å². The molecule has 2 aromatic carbocycles. The van der Waals surface area contributed by atoms with Crippen LogP contribution in [0.2, 0.25) is 0 Å². The van der Waals surface area contributed by atoms with Gasteiger partial charge in [0.25, 0.3) is 0 Å². The van der Waals surface area contributed by atoms with Crippen molar-refractivity contribution in [3.05, 3.63) is 82.7 Å². The number of esters is 3. The van der Waals surface area contributed by atoms with Crippen molar-refractivity contribution in [2.24, 2.45) is 11.3 Å². The number of anilines is 1. The van der Waals surface area contributed by atoms with Gasteiger partial charge in [0, 0.05) is 79.5 Å². The summed E-state index contributed by atoms with van der Waals surface area (Å²) in [6, 6.07) is 11.7. The van der Waals surface area contributed by atoms with Gasteiger partial charge in [-0.2, -0.15) is 0 Å². The summed E-state index contributed by atoms with van der Waals surface area (Å²) in [4.78, 5) is 53.7. The molecule has 2 saturated heterocycles. The van der Waals surface area contributed by atoms with Gasteiger partial charge < -0.3 is 38.5 Å². The summed E-state index contributed by atoms with van der Waals surface area (Å²) in [7, 11) is 6.50. The highest BCUT2D eigenvalue weighted by Gasteiger charge is 2.87. The van der Waals surface area contributed by atoms with Crippen LogP contribution in [-0.2, 0) is 50.7 Å². The molecule has 6 aliphatic heterocycles.